The Balaban J connectivity index is 1.25. The first-order valence-corrected chi connectivity index (χ1v) is 14.1. The SMILES string of the molecule is CC(C)c1nn(-c2noc(C3CCN(C4CCN(C(=O)OC(C)(C)C)CC4(C)C)CC3)n2)c2c(F)cccc12. The molecule has 2 fully saturated rings. The molecule has 2 aliphatic heterocycles. The summed E-state index contributed by atoms with van der Waals surface area (Å²) >= 11 is 0. The average molecular weight is 541 g/mol. The molecule has 3 aromatic rings. The fourth-order valence-electron chi connectivity index (χ4n) is 6.16. The van der Waals surface area contributed by atoms with Crippen LogP contribution in [0.1, 0.15) is 91.1 Å². The number of hydrogen-bond acceptors (Lipinski definition) is 7. The molecule has 10 heteroatoms. The highest BCUT2D eigenvalue weighted by molar-refractivity contribution is 5.84. The Labute approximate surface area is 229 Å². The highest BCUT2D eigenvalue weighted by Crippen LogP contribution is 2.38. The van der Waals surface area contributed by atoms with Gasteiger partial charge in [-0.2, -0.15) is 14.8 Å². The van der Waals surface area contributed by atoms with E-state index in [1.165, 1.54) is 10.7 Å². The summed E-state index contributed by atoms with van der Waals surface area (Å²) in [4.78, 5) is 21.7. The van der Waals surface area contributed by atoms with Gasteiger partial charge in [-0.15, -0.1) is 0 Å². The molecule has 4 heterocycles. The number of hydrogen-bond donors (Lipinski definition) is 0. The molecule has 39 heavy (non-hydrogen) atoms. The van der Waals surface area contributed by atoms with Crippen LogP contribution < -0.4 is 0 Å². The Kier molecular flexibility index (Phi) is 7.20. The van der Waals surface area contributed by atoms with Gasteiger partial charge in [0.2, 0.25) is 5.89 Å². The molecule has 0 radical (unpaired) electrons. The number of piperidine rings is 2. The van der Waals surface area contributed by atoms with Crippen LogP contribution in [-0.2, 0) is 4.74 Å². The highest BCUT2D eigenvalue weighted by Gasteiger charge is 2.43. The smallest absolute Gasteiger partial charge is 0.410 e. The van der Waals surface area contributed by atoms with Gasteiger partial charge in [0.1, 0.15) is 16.9 Å². The van der Waals surface area contributed by atoms with Gasteiger partial charge in [-0.1, -0.05) is 39.8 Å². The van der Waals surface area contributed by atoms with Crippen LogP contribution in [0, 0.1) is 11.2 Å². The number of rotatable bonds is 4. The van der Waals surface area contributed by atoms with Crippen molar-refractivity contribution < 1.29 is 18.4 Å². The summed E-state index contributed by atoms with van der Waals surface area (Å²) in [6.07, 6.45) is 2.48. The zero-order valence-electron chi connectivity index (χ0n) is 24.2. The normalized spacial score (nSPS) is 21.2. The first-order chi connectivity index (χ1) is 18.3. The molecular weight excluding hydrogens is 499 g/mol. The van der Waals surface area contributed by atoms with Crippen molar-refractivity contribution >= 4 is 17.0 Å². The van der Waals surface area contributed by atoms with Crippen molar-refractivity contribution in [2.45, 2.75) is 91.2 Å². The first-order valence-electron chi connectivity index (χ1n) is 14.1. The molecule has 1 unspecified atom stereocenters. The molecule has 1 aromatic carbocycles. The fraction of sp³-hybridized carbons (Fsp3) is 0.655. The molecule has 2 aliphatic rings. The van der Waals surface area contributed by atoms with E-state index in [9.17, 15) is 9.18 Å². The molecule has 2 saturated heterocycles. The van der Waals surface area contributed by atoms with Crippen molar-refractivity contribution in [2.24, 2.45) is 5.41 Å². The number of amides is 1. The van der Waals surface area contributed by atoms with Gasteiger partial charge in [-0.05, 0) is 75.7 Å². The van der Waals surface area contributed by atoms with Crippen LogP contribution in [0.4, 0.5) is 9.18 Å². The Morgan fingerprint density at radius 3 is 2.51 bits per heavy atom. The van der Waals surface area contributed by atoms with Crippen molar-refractivity contribution in [1.82, 2.24) is 29.7 Å². The van der Waals surface area contributed by atoms with Gasteiger partial charge in [0.15, 0.2) is 0 Å². The predicted molar refractivity (Wildman–Crippen MR) is 147 cm³/mol. The van der Waals surface area contributed by atoms with Crippen molar-refractivity contribution in [3.8, 4) is 5.95 Å². The largest absolute Gasteiger partial charge is 0.444 e. The number of nitrogens with zero attached hydrogens (tertiary/aromatic N) is 6. The highest BCUT2D eigenvalue weighted by atomic mass is 19.1. The minimum absolute atomic E-state index is 0.0566. The van der Waals surface area contributed by atoms with E-state index in [1.807, 2.05) is 45.6 Å². The zero-order chi connectivity index (χ0) is 28.1. The summed E-state index contributed by atoms with van der Waals surface area (Å²) in [7, 11) is 0. The van der Waals surface area contributed by atoms with E-state index in [4.69, 9.17) is 9.26 Å². The lowest BCUT2D eigenvalue weighted by Gasteiger charge is -2.50. The Morgan fingerprint density at radius 1 is 1.15 bits per heavy atom. The van der Waals surface area contributed by atoms with Crippen molar-refractivity contribution in [3.63, 3.8) is 0 Å². The molecule has 212 valence electrons. The molecule has 0 aliphatic carbocycles. The molecule has 0 bridgehead atoms. The number of para-hydroxylation sites is 1. The van der Waals surface area contributed by atoms with Gasteiger partial charge in [0, 0.05) is 30.4 Å². The van der Waals surface area contributed by atoms with Gasteiger partial charge in [-0.25, -0.2) is 9.18 Å². The molecule has 5 rings (SSSR count). The Morgan fingerprint density at radius 2 is 1.87 bits per heavy atom. The topological polar surface area (TPSA) is 89.5 Å². The Hall–Kier alpha value is -3.01. The standard InChI is InChI=1S/C29H41FN6O3/c1-18(2)23-20-9-8-10-21(30)24(20)36(32-23)26-31-25(39-33-26)19-11-14-34(15-12-19)22-13-16-35(17-29(22,6)7)27(37)38-28(3,4)5/h8-10,18-19,22H,11-17H2,1-7H3. The second-order valence-electron chi connectivity index (χ2n) is 13.0. The average Bonchev–Trinajstić information content (AvgIpc) is 3.48. The molecule has 1 atom stereocenters. The molecule has 0 N–H and O–H groups in total. The summed E-state index contributed by atoms with van der Waals surface area (Å²) in [6, 6.07) is 5.39. The van der Waals surface area contributed by atoms with Gasteiger partial charge < -0.3 is 14.2 Å². The van der Waals surface area contributed by atoms with E-state index in [0.29, 0.717) is 30.5 Å². The summed E-state index contributed by atoms with van der Waals surface area (Å²) in [5.41, 5.74) is 0.635. The number of likely N-dealkylation sites (tertiary alicyclic amines) is 2. The summed E-state index contributed by atoms with van der Waals surface area (Å²) < 4.78 is 27.6. The van der Waals surface area contributed by atoms with Crippen LogP contribution in [-0.4, -0.2) is 73.6 Å². The third-order valence-electron chi connectivity index (χ3n) is 7.99. The van der Waals surface area contributed by atoms with Crippen LogP contribution in [0.15, 0.2) is 22.7 Å². The lowest BCUT2D eigenvalue weighted by Crippen LogP contribution is -2.58. The summed E-state index contributed by atoms with van der Waals surface area (Å²) in [6.45, 7) is 17.5. The van der Waals surface area contributed by atoms with Gasteiger partial charge in [-0.3, -0.25) is 4.90 Å². The summed E-state index contributed by atoms with van der Waals surface area (Å²) in [5, 5.41) is 9.61. The van der Waals surface area contributed by atoms with Crippen molar-refractivity contribution in [1.29, 1.82) is 0 Å². The van der Waals surface area contributed by atoms with Gasteiger partial charge in [0.25, 0.3) is 5.95 Å². The summed E-state index contributed by atoms with van der Waals surface area (Å²) in [5.74, 6) is 0.766. The van der Waals surface area contributed by atoms with Gasteiger partial charge >= 0.3 is 6.09 Å². The number of ether oxygens (including phenoxy) is 1. The number of carbonyl (C=O) groups is 1. The monoisotopic (exact) mass is 540 g/mol. The van der Waals surface area contributed by atoms with E-state index in [-0.39, 0.29) is 35.1 Å². The van der Waals surface area contributed by atoms with E-state index < -0.39 is 5.60 Å². The Bertz CT molecular complexity index is 1330. The van der Waals surface area contributed by atoms with Crippen molar-refractivity contribution in [3.05, 3.63) is 35.6 Å². The third kappa shape index (κ3) is 5.53. The molecule has 0 spiro atoms. The third-order valence-corrected chi connectivity index (χ3v) is 7.99. The maximum atomic E-state index is 14.8. The second-order valence-corrected chi connectivity index (χ2v) is 13.0. The maximum absolute atomic E-state index is 14.8. The van der Waals surface area contributed by atoms with Gasteiger partial charge in [0.05, 0.1) is 5.69 Å². The first kappa shape index (κ1) is 27.6. The number of halogens is 1. The number of fused-ring (bicyclic) bond motifs is 1. The molecule has 0 saturated carbocycles. The minimum Gasteiger partial charge on any atom is -0.444 e. The lowest BCUT2D eigenvalue weighted by atomic mass is 9.77. The maximum Gasteiger partial charge on any atom is 0.410 e. The molecule has 1 amide bonds. The quantitative estimate of drug-likeness (QED) is 0.408. The van der Waals surface area contributed by atoms with Crippen LogP contribution in [0.5, 0.6) is 0 Å². The van der Waals surface area contributed by atoms with Crippen LogP contribution in [0.25, 0.3) is 16.9 Å². The van der Waals surface area contributed by atoms with Crippen LogP contribution in [0.3, 0.4) is 0 Å². The number of benzene rings is 1. The zero-order valence-corrected chi connectivity index (χ0v) is 24.2. The van der Waals surface area contributed by atoms with E-state index >= 15 is 0 Å². The minimum atomic E-state index is -0.496. The molecule has 2 aromatic heterocycles. The molecular formula is C29H41FN6O3. The predicted octanol–water partition coefficient (Wildman–Crippen LogP) is 5.89. The lowest BCUT2D eigenvalue weighted by molar-refractivity contribution is -0.0257. The fourth-order valence-corrected chi connectivity index (χ4v) is 6.16. The van der Waals surface area contributed by atoms with E-state index in [2.05, 4.69) is 34.0 Å². The van der Waals surface area contributed by atoms with Crippen molar-refractivity contribution in [2.75, 3.05) is 26.2 Å². The van der Waals surface area contributed by atoms with E-state index in [0.717, 1.165) is 43.4 Å². The molecule has 9 nitrogen and oxygen atoms in total. The van der Waals surface area contributed by atoms with Crippen LogP contribution in [0.2, 0.25) is 0 Å². The number of aromatic nitrogens is 4. The van der Waals surface area contributed by atoms with E-state index in [1.54, 1.807) is 6.07 Å². The number of carbonyl (C=O) groups excluding carboxylic acids is 1. The van der Waals surface area contributed by atoms with Crippen LogP contribution >= 0.6 is 0 Å². The second kappa shape index (κ2) is 10.2.